The van der Waals surface area contributed by atoms with Crippen LogP contribution < -0.4 is 11.1 Å². The summed E-state index contributed by atoms with van der Waals surface area (Å²) >= 11 is 1.39. The zero-order chi connectivity index (χ0) is 21.3. The van der Waals surface area contributed by atoms with Crippen molar-refractivity contribution >= 4 is 22.9 Å². The number of aromatic nitrogens is 4. The number of alkyl halides is 1. The first kappa shape index (κ1) is 20.6. The van der Waals surface area contributed by atoms with Crippen molar-refractivity contribution in [3.63, 3.8) is 0 Å². The fourth-order valence-corrected chi connectivity index (χ4v) is 4.84. The molecule has 0 spiro atoms. The quantitative estimate of drug-likeness (QED) is 0.616. The zero-order valence-electron chi connectivity index (χ0n) is 17.0. The van der Waals surface area contributed by atoms with Crippen LogP contribution in [0.1, 0.15) is 53.3 Å². The average molecular weight is 429 g/mol. The molecule has 30 heavy (non-hydrogen) atoms. The van der Waals surface area contributed by atoms with Crippen LogP contribution in [0.5, 0.6) is 0 Å². The lowest BCUT2D eigenvalue weighted by Gasteiger charge is -2.17. The van der Waals surface area contributed by atoms with E-state index in [1.165, 1.54) is 11.3 Å². The molecule has 0 aliphatic heterocycles. The van der Waals surface area contributed by atoms with Crippen LogP contribution in [-0.2, 0) is 7.05 Å². The maximum Gasteiger partial charge on any atom is 0.275 e. The Labute approximate surface area is 178 Å². The van der Waals surface area contributed by atoms with Gasteiger partial charge in [0.05, 0.1) is 17.6 Å². The summed E-state index contributed by atoms with van der Waals surface area (Å²) in [5.41, 5.74) is 9.57. The van der Waals surface area contributed by atoms with Crippen molar-refractivity contribution in [2.24, 2.45) is 12.8 Å². The maximum atomic E-state index is 14.0. The molecule has 1 aliphatic rings. The molecule has 1 amide bonds. The predicted molar refractivity (Wildman–Crippen MR) is 115 cm³/mol. The number of aryl methyl sites for hydroxylation is 2. The minimum Gasteiger partial charge on any atom is -0.325 e. The van der Waals surface area contributed by atoms with Crippen molar-refractivity contribution in [1.82, 2.24) is 19.7 Å². The maximum absolute atomic E-state index is 14.0. The SMILES string of the molecule is Cc1cccnc1-c1nc(C(=O)Nc2cnn(C)c2[C@H]2CC[C@@H](N)[C@@H](F)CC2)cs1. The van der Waals surface area contributed by atoms with Crippen LogP contribution in [0.3, 0.4) is 0 Å². The first-order chi connectivity index (χ1) is 14.4. The summed E-state index contributed by atoms with van der Waals surface area (Å²) in [6.07, 6.45) is 4.85. The highest BCUT2D eigenvalue weighted by molar-refractivity contribution is 7.13. The molecule has 158 valence electrons. The number of nitrogens with zero attached hydrogens (tertiary/aromatic N) is 4. The van der Waals surface area contributed by atoms with E-state index in [0.717, 1.165) is 23.4 Å². The van der Waals surface area contributed by atoms with Crippen molar-refractivity contribution in [2.75, 3.05) is 5.32 Å². The number of rotatable bonds is 4. The second-order valence-corrected chi connectivity index (χ2v) is 8.62. The number of hydrogen-bond donors (Lipinski definition) is 2. The Hall–Kier alpha value is -2.65. The monoisotopic (exact) mass is 428 g/mol. The minimum atomic E-state index is -0.982. The molecule has 1 aliphatic carbocycles. The van der Waals surface area contributed by atoms with Gasteiger partial charge in [0.15, 0.2) is 0 Å². The van der Waals surface area contributed by atoms with E-state index in [-0.39, 0.29) is 11.8 Å². The van der Waals surface area contributed by atoms with E-state index in [0.29, 0.717) is 35.7 Å². The predicted octanol–water partition coefficient (Wildman–Crippen LogP) is 3.82. The van der Waals surface area contributed by atoms with Gasteiger partial charge in [0.25, 0.3) is 5.91 Å². The van der Waals surface area contributed by atoms with Gasteiger partial charge in [-0.15, -0.1) is 11.3 Å². The smallest absolute Gasteiger partial charge is 0.275 e. The minimum absolute atomic E-state index is 0.0989. The van der Waals surface area contributed by atoms with Gasteiger partial charge in [0, 0.05) is 30.6 Å². The highest BCUT2D eigenvalue weighted by Gasteiger charge is 2.29. The highest BCUT2D eigenvalue weighted by atomic mass is 32.1. The summed E-state index contributed by atoms with van der Waals surface area (Å²) in [5, 5.41) is 9.70. The molecule has 0 saturated heterocycles. The molecule has 3 atom stereocenters. The number of hydrogen-bond acceptors (Lipinski definition) is 6. The average Bonchev–Trinajstić information content (AvgIpc) is 3.32. The number of halogens is 1. The second kappa shape index (κ2) is 8.61. The van der Waals surface area contributed by atoms with Crippen molar-refractivity contribution in [2.45, 2.75) is 50.7 Å². The molecule has 1 fully saturated rings. The fraction of sp³-hybridized carbons (Fsp3) is 0.429. The topological polar surface area (TPSA) is 98.7 Å². The van der Waals surface area contributed by atoms with Crippen LogP contribution in [0.15, 0.2) is 29.9 Å². The van der Waals surface area contributed by atoms with E-state index in [9.17, 15) is 9.18 Å². The third-order valence-electron chi connectivity index (χ3n) is 5.67. The first-order valence-electron chi connectivity index (χ1n) is 10.0. The van der Waals surface area contributed by atoms with Gasteiger partial charge in [0.1, 0.15) is 22.6 Å². The Morgan fingerprint density at radius 1 is 1.33 bits per heavy atom. The Bertz CT molecular complexity index is 1040. The number of nitrogens with two attached hydrogens (primary N) is 1. The van der Waals surface area contributed by atoms with Gasteiger partial charge >= 0.3 is 0 Å². The molecule has 0 unspecified atom stereocenters. The molecule has 0 aromatic carbocycles. The van der Waals surface area contributed by atoms with Crippen LogP contribution >= 0.6 is 11.3 Å². The van der Waals surface area contributed by atoms with Gasteiger partial charge < -0.3 is 11.1 Å². The van der Waals surface area contributed by atoms with Gasteiger partial charge in [0.2, 0.25) is 0 Å². The number of amides is 1. The molecule has 3 heterocycles. The summed E-state index contributed by atoms with van der Waals surface area (Å²) in [4.78, 5) is 21.7. The van der Waals surface area contributed by atoms with Crippen LogP contribution in [0.4, 0.5) is 10.1 Å². The first-order valence-corrected chi connectivity index (χ1v) is 10.9. The molecule has 0 radical (unpaired) electrons. The summed E-state index contributed by atoms with van der Waals surface area (Å²) in [6, 6.07) is 3.41. The number of carbonyl (C=O) groups excluding carboxylic acids is 1. The van der Waals surface area contributed by atoms with Crippen LogP contribution in [0, 0.1) is 6.92 Å². The Morgan fingerprint density at radius 3 is 2.93 bits per heavy atom. The molecule has 3 N–H and O–H groups in total. The normalized spacial score (nSPS) is 21.9. The van der Waals surface area contributed by atoms with Crippen molar-refractivity contribution < 1.29 is 9.18 Å². The molecule has 4 rings (SSSR count). The zero-order valence-corrected chi connectivity index (χ0v) is 17.8. The fourth-order valence-electron chi connectivity index (χ4n) is 3.98. The second-order valence-electron chi connectivity index (χ2n) is 7.76. The van der Waals surface area contributed by atoms with Crippen molar-refractivity contribution in [1.29, 1.82) is 0 Å². The van der Waals surface area contributed by atoms with Gasteiger partial charge in [-0.3, -0.25) is 14.5 Å². The van der Waals surface area contributed by atoms with Crippen molar-refractivity contribution in [3.05, 3.63) is 46.9 Å². The van der Waals surface area contributed by atoms with E-state index in [1.807, 2.05) is 26.1 Å². The number of thiazole rings is 1. The molecular weight excluding hydrogens is 403 g/mol. The van der Waals surface area contributed by atoms with Gasteiger partial charge in [-0.05, 0) is 44.2 Å². The third kappa shape index (κ3) is 4.13. The standard InChI is InChI=1S/C21H25FN6OS/c1-12-4-3-9-24-18(12)21-27-17(11-30-21)20(29)26-16-10-25-28(2)19(16)13-5-7-14(22)15(23)8-6-13/h3-4,9-11,13-15H,5-8,23H2,1-2H3,(H,26,29)/t13-,14+,15-/m1/s1. The Kier molecular flexibility index (Phi) is 5.92. The lowest BCUT2D eigenvalue weighted by Crippen LogP contribution is -2.29. The van der Waals surface area contributed by atoms with Gasteiger partial charge in [-0.2, -0.15) is 5.10 Å². The number of nitrogens with one attached hydrogen (secondary N) is 1. The van der Waals surface area contributed by atoms with E-state index < -0.39 is 12.2 Å². The van der Waals surface area contributed by atoms with Gasteiger partial charge in [-0.25, -0.2) is 9.37 Å². The third-order valence-corrected chi connectivity index (χ3v) is 6.52. The Balaban J connectivity index is 1.53. The summed E-state index contributed by atoms with van der Waals surface area (Å²) in [5.74, 6) is -0.198. The van der Waals surface area contributed by atoms with Gasteiger partial charge in [-0.1, -0.05) is 6.07 Å². The van der Waals surface area contributed by atoms with Crippen LogP contribution in [0.25, 0.3) is 10.7 Å². The lowest BCUT2D eigenvalue weighted by atomic mass is 9.95. The molecule has 3 aromatic rings. The molecular formula is C21H25FN6OS. The lowest BCUT2D eigenvalue weighted by molar-refractivity contribution is 0.102. The highest BCUT2D eigenvalue weighted by Crippen LogP contribution is 2.36. The molecule has 0 bridgehead atoms. The number of pyridine rings is 1. The van der Waals surface area contributed by atoms with Crippen LogP contribution in [-0.4, -0.2) is 37.9 Å². The Morgan fingerprint density at radius 2 is 2.13 bits per heavy atom. The molecule has 3 aromatic heterocycles. The molecule has 7 nitrogen and oxygen atoms in total. The van der Waals surface area contributed by atoms with E-state index >= 15 is 0 Å². The van der Waals surface area contributed by atoms with Crippen LogP contribution in [0.2, 0.25) is 0 Å². The summed E-state index contributed by atoms with van der Waals surface area (Å²) in [6.45, 7) is 1.96. The summed E-state index contributed by atoms with van der Waals surface area (Å²) < 4.78 is 15.8. The summed E-state index contributed by atoms with van der Waals surface area (Å²) in [7, 11) is 1.84. The molecule has 1 saturated carbocycles. The number of anilines is 1. The molecule has 9 heteroatoms. The van der Waals surface area contributed by atoms with Crippen molar-refractivity contribution in [3.8, 4) is 10.7 Å². The van der Waals surface area contributed by atoms with E-state index in [2.05, 4.69) is 20.4 Å². The number of carbonyl (C=O) groups is 1. The van der Waals surface area contributed by atoms with E-state index in [1.54, 1.807) is 22.5 Å². The van der Waals surface area contributed by atoms with E-state index in [4.69, 9.17) is 5.73 Å². The largest absolute Gasteiger partial charge is 0.325 e.